The van der Waals surface area contributed by atoms with Crippen LogP contribution in [0.15, 0.2) is 48.5 Å². The fourth-order valence-electron chi connectivity index (χ4n) is 3.18. The molecule has 2 atom stereocenters. The molecule has 0 unspecified atom stereocenters. The van der Waals surface area contributed by atoms with Crippen molar-refractivity contribution in [2.45, 2.75) is 26.1 Å². The van der Waals surface area contributed by atoms with Gasteiger partial charge in [-0.05, 0) is 50.2 Å². The number of benzene rings is 2. The van der Waals surface area contributed by atoms with Crippen LogP contribution in [-0.4, -0.2) is 42.0 Å². The highest BCUT2D eigenvalue weighted by Crippen LogP contribution is 2.21. The van der Waals surface area contributed by atoms with Gasteiger partial charge in [-0.1, -0.05) is 12.1 Å². The highest BCUT2D eigenvalue weighted by Gasteiger charge is 2.28. The van der Waals surface area contributed by atoms with Gasteiger partial charge in [0.25, 0.3) is 11.8 Å². The Hall–Kier alpha value is -3.17. The third-order valence-electron chi connectivity index (χ3n) is 4.39. The largest absolute Gasteiger partial charge is 0.372 e. The van der Waals surface area contributed by atoms with Crippen molar-refractivity contribution in [3.63, 3.8) is 0 Å². The number of carbonyl (C=O) groups is 2. The Kier molecular flexibility index (Phi) is 5.53. The molecule has 6 nitrogen and oxygen atoms in total. The molecule has 1 fully saturated rings. The lowest BCUT2D eigenvalue weighted by Gasteiger charge is -2.35. The third-order valence-corrected chi connectivity index (χ3v) is 4.39. The zero-order chi connectivity index (χ0) is 19.4. The summed E-state index contributed by atoms with van der Waals surface area (Å²) < 4.78 is 5.69. The van der Waals surface area contributed by atoms with E-state index in [2.05, 4.69) is 5.32 Å². The average molecular weight is 363 g/mol. The smallest absolute Gasteiger partial charge is 0.256 e. The Morgan fingerprint density at radius 3 is 2.33 bits per heavy atom. The van der Waals surface area contributed by atoms with Crippen LogP contribution in [-0.2, 0) is 4.74 Å². The van der Waals surface area contributed by atoms with Crippen molar-refractivity contribution in [1.82, 2.24) is 4.90 Å². The molecule has 1 aliphatic heterocycles. The van der Waals surface area contributed by atoms with E-state index in [1.54, 1.807) is 53.4 Å². The number of nitriles is 1. The van der Waals surface area contributed by atoms with E-state index in [1.165, 1.54) is 0 Å². The average Bonchev–Trinajstić information content (AvgIpc) is 2.67. The molecule has 0 spiro atoms. The second-order valence-corrected chi connectivity index (χ2v) is 6.66. The zero-order valence-corrected chi connectivity index (χ0v) is 15.3. The van der Waals surface area contributed by atoms with E-state index in [9.17, 15) is 9.59 Å². The van der Waals surface area contributed by atoms with E-state index in [0.29, 0.717) is 35.5 Å². The van der Waals surface area contributed by atoms with Crippen LogP contribution in [0.3, 0.4) is 0 Å². The number of rotatable bonds is 3. The summed E-state index contributed by atoms with van der Waals surface area (Å²) >= 11 is 0. The number of ether oxygens (including phenoxy) is 1. The topological polar surface area (TPSA) is 82.4 Å². The molecule has 1 aliphatic rings. The highest BCUT2D eigenvalue weighted by atomic mass is 16.5. The fraction of sp³-hybridized carbons (Fsp3) is 0.286. The molecule has 0 aliphatic carbocycles. The lowest BCUT2D eigenvalue weighted by molar-refractivity contribution is -0.0585. The lowest BCUT2D eigenvalue weighted by atomic mass is 10.1. The molecule has 1 N–H and O–H groups in total. The van der Waals surface area contributed by atoms with Gasteiger partial charge in [-0.3, -0.25) is 9.59 Å². The first kappa shape index (κ1) is 18.6. The molecule has 6 heteroatoms. The molecule has 1 saturated heterocycles. The van der Waals surface area contributed by atoms with Crippen molar-refractivity contribution >= 4 is 17.5 Å². The second-order valence-electron chi connectivity index (χ2n) is 6.66. The fourth-order valence-corrected chi connectivity index (χ4v) is 3.18. The molecule has 0 bridgehead atoms. The highest BCUT2D eigenvalue weighted by molar-refractivity contribution is 6.09. The first-order chi connectivity index (χ1) is 13.0. The number of amides is 2. The van der Waals surface area contributed by atoms with Crippen LogP contribution in [0.4, 0.5) is 5.69 Å². The summed E-state index contributed by atoms with van der Waals surface area (Å²) in [6.45, 7) is 4.91. The number of hydrogen-bond donors (Lipinski definition) is 1. The molecule has 2 aromatic rings. The lowest BCUT2D eigenvalue weighted by Crippen LogP contribution is -2.48. The predicted octanol–water partition coefficient (Wildman–Crippen LogP) is 3.06. The Labute approximate surface area is 158 Å². The summed E-state index contributed by atoms with van der Waals surface area (Å²) in [4.78, 5) is 27.3. The third kappa shape index (κ3) is 4.33. The van der Waals surface area contributed by atoms with Gasteiger partial charge >= 0.3 is 0 Å². The van der Waals surface area contributed by atoms with Gasteiger partial charge in [0.05, 0.1) is 35.1 Å². The molecule has 27 heavy (non-hydrogen) atoms. The van der Waals surface area contributed by atoms with Crippen molar-refractivity contribution in [3.8, 4) is 6.07 Å². The quantitative estimate of drug-likeness (QED) is 0.908. The van der Waals surface area contributed by atoms with Crippen LogP contribution < -0.4 is 5.32 Å². The minimum Gasteiger partial charge on any atom is -0.372 e. The number of anilines is 1. The van der Waals surface area contributed by atoms with Crippen molar-refractivity contribution < 1.29 is 14.3 Å². The summed E-state index contributed by atoms with van der Waals surface area (Å²) in [5.41, 5.74) is 1.81. The van der Waals surface area contributed by atoms with E-state index >= 15 is 0 Å². The zero-order valence-electron chi connectivity index (χ0n) is 15.3. The standard InChI is InChI=1S/C21H21N3O3/c1-14-12-24(13-15(2)27-14)21(26)18-5-3-4-6-19(18)23-20(25)17-9-7-16(11-22)8-10-17/h3-10,14-15H,12-13H2,1-2H3,(H,23,25)/t14-,15-/m0/s1. The Balaban J connectivity index is 1.80. The maximum absolute atomic E-state index is 13.0. The van der Waals surface area contributed by atoms with E-state index in [4.69, 9.17) is 10.00 Å². The minimum absolute atomic E-state index is 0.0295. The van der Waals surface area contributed by atoms with Crippen LogP contribution in [0.2, 0.25) is 0 Å². The number of nitrogens with zero attached hydrogens (tertiary/aromatic N) is 2. The van der Waals surface area contributed by atoms with E-state index in [-0.39, 0.29) is 24.0 Å². The van der Waals surface area contributed by atoms with Gasteiger partial charge in [-0.2, -0.15) is 5.26 Å². The number of nitrogens with one attached hydrogen (secondary N) is 1. The Morgan fingerprint density at radius 1 is 1.07 bits per heavy atom. The summed E-state index contributed by atoms with van der Waals surface area (Å²) in [7, 11) is 0. The summed E-state index contributed by atoms with van der Waals surface area (Å²) in [5.74, 6) is -0.462. The van der Waals surface area contributed by atoms with Gasteiger partial charge in [0.15, 0.2) is 0 Å². The van der Waals surface area contributed by atoms with Crippen LogP contribution in [0, 0.1) is 11.3 Å². The van der Waals surface area contributed by atoms with Gasteiger partial charge < -0.3 is 15.0 Å². The number of morpholine rings is 1. The van der Waals surface area contributed by atoms with Gasteiger partial charge in [0, 0.05) is 18.7 Å². The van der Waals surface area contributed by atoms with E-state index in [0.717, 1.165) is 0 Å². The minimum atomic E-state index is -0.330. The number of carbonyl (C=O) groups excluding carboxylic acids is 2. The van der Waals surface area contributed by atoms with Gasteiger partial charge in [0.1, 0.15) is 0 Å². The molecule has 2 amide bonds. The Morgan fingerprint density at radius 2 is 1.70 bits per heavy atom. The van der Waals surface area contributed by atoms with Crippen molar-refractivity contribution in [3.05, 3.63) is 65.2 Å². The Bertz CT molecular complexity index is 876. The molecular weight excluding hydrogens is 342 g/mol. The first-order valence-electron chi connectivity index (χ1n) is 8.83. The van der Waals surface area contributed by atoms with Gasteiger partial charge in [0.2, 0.25) is 0 Å². The number of hydrogen-bond acceptors (Lipinski definition) is 4. The normalized spacial score (nSPS) is 19.2. The predicted molar refractivity (Wildman–Crippen MR) is 101 cm³/mol. The van der Waals surface area contributed by atoms with Gasteiger partial charge in [-0.15, -0.1) is 0 Å². The molecule has 138 valence electrons. The molecule has 0 radical (unpaired) electrons. The second kappa shape index (κ2) is 8.02. The SMILES string of the molecule is C[C@H]1CN(C(=O)c2ccccc2NC(=O)c2ccc(C#N)cc2)C[C@H](C)O1. The van der Waals surface area contributed by atoms with Crippen LogP contribution >= 0.6 is 0 Å². The van der Waals surface area contributed by atoms with Crippen LogP contribution in [0.25, 0.3) is 0 Å². The molecular formula is C21H21N3O3. The van der Waals surface area contributed by atoms with Crippen molar-refractivity contribution in [1.29, 1.82) is 5.26 Å². The first-order valence-corrected chi connectivity index (χ1v) is 8.83. The summed E-state index contributed by atoms with van der Waals surface area (Å²) in [6.07, 6.45) is -0.0591. The molecule has 0 aromatic heterocycles. The van der Waals surface area contributed by atoms with Crippen LogP contribution in [0.5, 0.6) is 0 Å². The van der Waals surface area contributed by atoms with Gasteiger partial charge in [-0.25, -0.2) is 0 Å². The van der Waals surface area contributed by atoms with Crippen LogP contribution in [0.1, 0.15) is 40.1 Å². The monoisotopic (exact) mass is 363 g/mol. The van der Waals surface area contributed by atoms with Crippen molar-refractivity contribution in [2.75, 3.05) is 18.4 Å². The molecule has 0 saturated carbocycles. The maximum atomic E-state index is 13.0. The number of para-hydroxylation sites is 1. The molecule has 3 rings (SSSR count). The van der Waals surface area contributed by atoms with E-state index < -0.39 is 0 Å². The summed E-state index contributed by atoms with van der Waals surface area (Å²) in [5, 5.41) is 11.7. The van der Waals surface area contributed by atoms with E-state index in [1.807, 2.05) is 19.9 Å². The summed E-state index contributed by atoms with van der Waals surface area (Å²) in [6, 6.07) is 15.3. The maximum Gasteiger partial charge on any atom is 0.256 e. The molecule has 2 aromatic carbocycles. The molecule has 1 heterocycles. The van der Waals surface area contributed by atoms with Crippen molar-refractivity contribution in [2.24, 2.45) is 0 Å².